The van der Waals surface area contributed by atoms with Crippen LogP contribution in [-0.4, -0.2) is 43.2 Å². The second kappa shape index (κ2) is 4.65. The van der Waals surface area contributed by atoms with Gasteiger partial charge in [0.1, 0.15) is 0 Å². The van der Waals surface area contributed by atoms with Crippen molar-refractivity contribution in [3.63, 3.8) is 0 Å². The minimum Gasteiger partial charge on any atom is -0.334 e. The molecule has 0 aliphatic carbocycles. The predicted octanol–water partition coefficient (Wildman–Crippen LogP) is 0.246. The lowest BCUT2D eigenvalue weighted by Crippen LogP contribution is -2.27. The molecule has 0 atom stereocenters. The maximum atomic E-state index is 12.4. The summed E-state index contributed by atoms with van der Waals surface area (Å²) in [6.07, 6.45) is 1.62. The normalized spacial score (nSPS) is 10.8. The summed E-state index contributed by atoms with van der Waals surface area (Å²) < 4.78 is 0. The Kier molecular flexibility index (Phi) is 2.82. The minimum absolute atomic E-state index is 0.166. The third-order valence-electron chi connectivity index (χ3n) is 3.00. The van der Waals surface area contributed by atoms with Crippen molar-refractivity contribution >= 4 is 16.8 Å². The van der Waals surface area contributed by atoms with E-state index >= 15 is 0 Å². The molecule has 1 aromatic carbocycles. The standard InChI is InChI=1S/C12H12N6O2/c1-18(6-10-14-12(20)17-16-10)11(19)7-3-2-4-9-8(7)5-13-15-9/h2-5H,6H2,1H3,(H,13,15)(H2,14,16,17,20). The Balaban J connectivity index is 1.88. The van der Waals surface area contributed by atoms with Crippen LogP contribution in [0.3, 0.4) is 0 Å². The Morgan fingerprint density at radius 2 is 2.20 bits per heavy atom. The third kappa shape index (κ3) is 2.07. The largest absolute Gasteiger partial charge is 0.340 e. The molecule has 1 amide bonds. The van der Waals surface area contributed by atoms with Gasteiger partial charge in [-0.1, -0.05) is 6.07 Å². The van der Waals surface area contributed by atoms with E-state index in [1.54, 1.807) is 25.4 Å². The van der Waals surface area contributed by atoms with Crippen LogP contribution in [0.15, 0.2) is 29.2 Å². The van der Waals surface area contributed by atoms with Crippen LogP contribution in [0, 0.1) is 0 Å². The second-order valence-corrected chi connectivity index (χ2v) is 4.42. The van der Waals surface area contributed by atoms with Gasteiger partial charge in [0.2, 0.25) is 0 Å². The molecule has 0 bridgehead atoms. The van der Waals surface area contributed by atoms with Crippen molar-refractivity contribution < 1.29 is 4.79 Å². The summed E-state index contributed by atoms with van der Waals surface area (Å²) in [6, 6.07) is 5.38. The zero-order chi connectivity index (χ0) is 14.1. The van der Waals surface area contributed by atoms with E-state index in [1.165, 1.54) is 4.90 Å². The molecule has 8 nitrogen and oxygen atoms in total. The number of carbonyl (C=O) groups is 1. The Morgan fingerprint density at radius 1 is 1.35 bits per heavy atom. The van der Waals surface area contributed by atoms with E-state index in [4.69, 9.17) is 0 Å². The van der Waals surface area contributed by atoms with Gasteiger partial charge in [-0.05, 0) is 12.1 Å². The van der Waals surface area contributed by atoms with E-state index < -0.39 is 5.69 Å². The lowest BCUT2D eigenvalue weighted by atomic mass is 10.1. The molecular weight excluding hydrogens is 260 g/mol. The monoisotopic (exact) mass is 272 g/mol. The van der Waals surface area contributed by atoms with Crippen molar-refractivity contribution in [2.45, 2.75) is 6.54 Å². The Bertz CT molecular complexity index is 814. The highest BCUT2D eigenvalue weighted by molar-refractivity contribution is 6.05. The lowest BCUT2D eigenvalue weighted by molar-refractivity contribution is 0.0783. The summed E-state index contributed by atoms with van der Waals surface area (Å²) in [5.74, 6) is 0.242. The molecule has 3 aromatic rings. The predicted molar refractivity (Wildman–Crippen MR) is 71.1 cm³/mol. The Hall–Kier alpha value is -2.90. The van der Waals surface area contributed by atoms with Crippen LogP contribution in [0.1, 0.15) is 16.2 Å². The molecule has 102 valence electrons. The molecule has 2 heterocycles. The molecule has 8 heteroatoms. The molecule has 0 saturated heterocycles. The fraction of sp³-hybridized carbons (Fsp3) is 0.167. The van der Waals surface area contributed by atoms with E-state index in [9.17, 15) is 9.59 Å². The van der Waals surface area contributed by atoms with E-state index in [0.29, 0.717) is 11.4 Å². The number of nitrogens with one attached hydrogen (secondary N) is 3. The lowest BCUT2D eigenvalue weighted by Gasteiger charge is -2.15. The molecule has 0 unspecified atom stereocenters. The molecule has 0 aliphatic heterocycles. The van der Waals surface area contributed by atoms with Gasteiger partial charge in [-0.25, -0.2) is 9.89 Å². The number of carbonyl (C=O) groups excluding carboxylic acids is 1. The van der Waals surface area contributed by atoms with Crippen molar-refractivity contribution in [2.75, 3.05) is 7.05 Å². The van der Waals surface area contributed by atoms with E-state index in [-0.39, 0.29) is 12.5 Å². The maximum Gasteiger partial charge on any atom is 0.340 e. The number of rotatable bonds is 3. The summed E-state index contributed by atoms with van der Waals surface area (Å²) in [5, 5.41) is 13.6. The average Bonchev–Trinajstić information content (AvgIpc) is 3.06. The summed E-state index contributed by atoms with van der Waals surface area (Å²) >= 11 is 0. The van der Waals surface area contributed by atoms with E-state index in [0.717, 1.165) is 10.9 Å². The molecule has 0 fully saturated rings. The van der Waals surface area contributed by atoms with Gasteiger partial charge in [0.15, 0.2) is 5.82 Å². The molecule has 3 N–H and O–H groups in total. The van der Waals surface area contributed by atoms with Gasteiger partial charge in [0.25, 0.3) is 5.91 Å². The van der Waals surface area contributed by atoms with Crippen LogP contribution in [0.2, 0.25) is 0 Å². The highest BCUT2D eigenvalue weighted by Gasteiger charge is 2.16. The van der Waals surface area contributed by atoms with Crippen molar-refractivity contribution in [1.82, 2.24) is 30.3 Å². The van der Waals surface area contributed by atoms with Gasteiger partial charge in [-0.3, -0.25) is 14.9 Å². The van der Waals surface area contributed by atoms with Gasteiger partial charge in [-0.15, -0.1) is 0 Å². The number of benzene rings is 1. The SMILES string of the molecule is CN(Cc1n[nH]c(=O)[nH]1)C(=O)c1cccc2[nH]ncc12. The number of amides is 1. The van der Waals surface area contributed by atoms with E-state index in [2.05, 4.69) is 25.4 Å². The van der Waals surface area contributed by atoms with Crippen molar-refractivity contribution in [3.05, 3.63) is 46.3 Å². The zero-order valence-electron chi connectivity index (χ0n) is 10.7. The number of hydrogen-bond acceptors (Lipinski definition) is 4. The summed E-state index contributed by atoms with van der Waals surface area (Å²) in [6.45, 7) is 0.214. The third-order valence-corrected chi connectivity index (χ3v) is 3.00. The molecule has 3 rings (SSSR count). The van der Waals surface area contributed by atoms with Gasteiger partial charge in [0, 0.05) is 12.4 Å². The second-order valence-electron chi connectivity index (χ2n) is 4.42. The summed E-state index contributed by atoms with van der Waals surface area (Å²) in [5.41, 5.74) is 0.965. The number of aromatic nitrogens is 5. The fourth-order valence-corrected chi connectivity index (χ4v) is 2.04. The van der Waals surface area contributed by atoms with Crippen LogP contribution < -0.4 is 5.69 Å². The topological polar surface area (TPSA) is 111 Å². The number of nitrogens with zero attached hydrogens (tertiary/aromatic N) is 3. The van der Waals surface area contributed by atoms with Crippen LogP contribution >= 0.6 is 0 Å². The van der Waals surface area contributed by atoms with E-state index in [1.807, 2.05) is 6.07 Å². The van der Waals surface area contributed by atoms with Gasteiger partial charge < -0.3 is 4.90 Å². The number of aromatic amines is 3. The van der Waals surface area contributed by atoms with Crippen molar-refractivity contribution in [1.29, 1.82) is 0 Å². The Labute approximate surface area is 112 Å². The average molecular weight is 272 g/mol. The molecule has 0 spiro atoms. The highest BCUT2D eigenvalue weighted by atomic mass is 16.2. The summed E-state index contributed by atoms with van der Waals surface area (Å²) in [4.78, 5) is 27.4. The first-order valence-corrected chi connectivity index (χ1v) is 5.96. The molecule has 0 saturated carbocycles. The summed E-state index contributed by atoms with van der Waals surface area (Å²) in [7, 11) is 1.65. The van der Waals surface area contributed by atoms with Gasteiger partial charge in [0.05, 0.1) is 23.8 Å². The Morgan fingerprint density at radius 3 is 2.95 bits per heavy atom. The van der Waals surface area contributed by atoms with Crippen LogP contribution in [0.5, 0.6) is 0 Å². The number of fused-ring (bicyclic) bond motifs is 1. The number of H-pyrrole nitrogens is 3. The van der Waals surface area contributed by atoms with Crippen LogP contribution in [-0.2, 0) is 6.54 Å². The van der Waals surface area contributed by atoms with Crippen LogP contribution in [0.4, 0.5) is 0 Å². The zero-order valence-corrected chi connectivity index (χ0v) is 10.7. The molecular formula is C12H12N6O2. The van der Waals surface area contributed by atoms with Gasteiger partial charge in [-0.2, -0.15) is 10.2 Å². The van der Waals surface area contributed by atoms with Crippen molar-refractivity contribution in [2.24, 2.45) is 0 Å². The molecule has 0 aliphatic rings. The molecule has 20 heavy (non-hydrogen) atoms. The first-order chi connectivity index (χ1) is 9.65. The minimum atomic E-state index is -0.391. The van der Waals surface area contributed by atoms with Crippen LogP contribution in [0.25, 0.3) is 10.9 Å². The smallest absolute Gasteiger partial charge is 0.334 e. The molecule has 0 radical (unpaired) electrons. The quantitative estimate of drug-likeness (QED) is 0.634. The van der Waals surface area contributed by atoms with Gasteiger partial charge >= 0.3 is 5.69 Å². The first kappa shape index (κ1) is 12.2. The highest BCUT2D eigenvalue weighted by Crippen LogP contribution is 2.17. The fourth-order valence-electron chi connectivity index (χ4n) is 2.04. The number of hydrogen-bond donors (Lipinski definition) is 3. The maximum absolute atomic E-state index is 12.4. The first-order valence-electron chi connectivity index (χ1n) is 5.96. The molecule has 2 aromatic heterocycles. The van der Waals surface area contributed by atoms with Crippen molar-refractivity contribution in [3.8, 4) is 0 Å².